The van der Waals surface area contributed by atoms with Crippen molar-refractivity contribution in [1.82, 2.24) is 10.2 Å². The number of benzene rings is 2. The van der Waals surface area contributed by atoms with Gasteiger partial charge in [-0.2, -0.15) is 0 Å². The maximum Gasteiger partial charge on any atom is 0.407 e. The molecule has 3 rings (SSSR count). The Labute approximate surface area is 187 Å². The molecule has 1 aliphatic carbocycles. The van der Waals surface area contributed by atoms with Crippen LogP contribution in [0.15, 0.2) is 48.5 Å². The summed E-state index contributed by atoms with van der Waals surface area (Å²) in [5.41, 5.74) is 4.34. The molecule has 2 amide bonds. The number of rotatable bonds is 10. The van der Waals surface area contributed by atoms with Crippen LogP contribution in [0.1, 0.15) is 29.9 Å². The van der Waals surface area contributed by atoms with E-state index in [1.54, 1.807) is 14.2 Å². The van der Waals surface area contributed by atoms with Gasteiger partial charge in [0.2, 0.25) is 5.91 Å². The first-order valence-corrected chi connectivity index (χ1v) is 10.5. The molecule has 1 aliphatic rings. The van der Waals surface area contributed by atoms with Gasteiger partial charge in [0.25, 0.3) is 0 Å². The zero-order valence-corrected chi connectivity index (χ0v) is 18.2. The second-order valence-corrected chi connectivity index (χ2v) is 7.73. The molecular formula is C24H28N2O6. The van der Waals surface area contributed by atoms with Crippen LogP contribution in [0.4, 0.5) is 4.79 Å². The first-order valence-electron chi connectivity index (χ1n) is 10.5. The summed E-state index contributed by atoms with van der Waals surface area (Å²) < 4.78 is 10.4. The molecule has 2 N–H and O–H groups in total. The molecule has 0 saturated heterocycles. The average molecular weight is 440 g/mol. The summed E-state index contributed by atoms with van der Waals surface area (Å²) in [5, 5.41) is 11.6. The van der Waals surface area contributed by atoms with E-state index in [2.05, 4.69) is 5.32 Å². The van der Waals surface area contributed by atoms with E-state index in [1.807, 2.05) is 48.5 Å². The van der Waals surface area contributed by atoms with Gasteiger partial charge in [0, 0.05) is 33.2 Å². The van der Waals surface area contributed by atoms with Gasteiger partial charge < -0.3 is 24.8 Å². The number of nitrogens with zero attached hydrogens (tertiary/aromatic N) is 1. The average Bonchev–Trinajstić information content (AvgIpc) is 3.10. The molecule has 32 heavy (non-hydrogen) atoms. The van der Waals surface area contributed by atoms with Crippen LogP contribution in [0, 0.1) is 0 Å². The molecule has 1 unspecified atom stereocenters. The highest BCUT2D eigenvalue weighted by atomic mass is 16.5. The fraction of sp³-hybridized carbons (Fsp3) is 0.375. The Morgan fingerprint density at radius 2 is 1.66 bits per heavy atom. The van der Waals surface area contributed by atoms with Gasteiger partial charge in [-0.1, -0.05) is 48.5 Å². The molecule has 0 fully saturated rings. The first-order chi connectivity index (χ1) is 15.4. The maximum absolute atomic E-state index is 12.6. The third-order valence-electron chi connectivity index (χ3n) is 5.53. The molecular weight excluding hydrogens is 412 g/mol. The molecule has 0 aromatic heterocycles. The number of carbonyl (C=O) groups is 3. The number of carboxylic acids is 1. The van der Waals surface area contributed by atoms with Gasteiger partial charge in [-0.15, -0.1) is 0 Å². The lowest BCUT2D eigenvalue weighted by Crippen LogP contribution is -2.49. The highest BCUT2D eigenvalue weighted by Crippen LogP contribution is 2.44. The van der Waals surface area contributed by atoms with E-state index in [0.717, 1.165) is 22.3 Å². The molecule has 8 nitrogen and oxygen atoms in total. The molecule has 2 aromatic carbocycles. The number of ether oxygens (including phenoxy) is 2. The standard InChI is InChI=1S/C24H28N2O6/c1-26(12-7-13-31-2)23(29)21(14-22(27)28)25-24(30)32-15-20-18-10-5-3-8-16(18)17-9-4-6-11-19(17)20/h3-6,8-11,20-21H,7,12-15H2,1-2H3,(H,25,30)(H,27,28). The van der Waals surface area contributed by atoms with Crippen molar-refractivity contribution in [3.05, 3.63) is 59.7 Å². The molecule has 0 spiro atoms. The Balaban J connectivity index is 1.64. The lowest BCUT2D eigenvalue weighted by atomic mass is 9.98. The lowest BCUT2D eigenvalue weighted by molar-refractivity contribution is -0.142. The number of nitrogens with one attached hydrogen (secondary N) is 1. The number of likely N-dealkylation sites (N-methyl/N-ethyl adjacent to an activating group) is 1. The molecule has 0 saturated carbocycles. The van der Waals surface area contributed by atoms with Gasteiger partial charge in [0.05, 0.1) is 6.42 Å². The summed E-state index contributed by atoms with van der Waals surface area (Å²) in [4.78, 5) is 37.8. The van der Waals surface area contributed by atoms with Gasteiger partial charge in [-0.25, -0.2) is 4.79 Å². The van der Waals surface area contributed by atoms with Crippen molar-refractivity contribution in [2.24, 2.45) is 0 Å². The van der Waals surface area contributed by atoms with E-state index >= 15 is 0 Å². The van der Waals surface area contributed by atoms with Gasteiger partial charge in [-0.05, 0) is 28.7 Å². The minimum Gasteiger partial charge on any atom is -0.481 e. The summed E-state index contributed by atoms with van der Waals surface area (Å²) in [7, 11) is 3.13. The Morgan fingerprint density at radius 3 is 2.22 bits per heavy atom. The first kappa shape index (κ1) is 23.3. The summed E-state index contributed by atoms with van der Waals surface area (Å²) in [6.45, 7) is 0.938. The van der Waals surface area contributed by atoms with Gasteiger partial charge in [-0.3, -0.25) is 9.59 Å². The predicted octanol–water partition coefficient (Wildman–Crippen LogP) is 2.86. The van der Waals surface area contributed by atoms with E-state index in [9.17, 15) is 19.5 Å². The van der Waals surface area contributed by atoms with E-state index in [4.69, 9.17) is 9.47 Å². The fourth-order valence-electron chi connectivity index (χ4n) is 3.98. The van der Waals surface area contributed by atoms with E-state index in [-0.39, 0.29) is 12.5 Å². The van der Waals surface area contributed by atoms with Crippen LogP contribution in [0.5, 0.6) is 0 Å². The van der Waals surface area contributed by atoms with Crippen LogP contribution in [-0.2, 0) is 19.1 Å². The van der Waals surface area contributed by atoms with Crippen molar-refractivity contribution in [3.63, 3.8) is 0 Å². The summed E-state index contributed by atoms with van der Waals surface area (Å²) >= 11 is 0. The largest absolute Gasteiger partial charge is 0.481 e. The van der Waals surface area contributed by atoms with Crippen LogP contribution in [0.25, 0.3) is 11.1 Å². The SMILES string of the molecule is COCCCN(C)C(=O)C(CC(=O)O)NC(=O)OCC1c2ccccc2-c2ccccc21. The van der Waals surface area contributed by atoms with E-state index in [1.165, 1.54) is 4.90 Å². The molecule has 2 aromatic rings. The zero-order valence-electron chi connectivity index (χ0n) is 18.2. The number of fused-ring (bicyclic) bond motifs is 3. The molecule has 170 valence electrons. The van der Waals surface area contributed by atoms with Crippen LogP contribution in [0.3, 0.4) is 0 Å². The van der Waals surface area contributed by atoms with Crippen molar-refractivity contribution >= 4 is 18.0 Å². The van der Waals surface area contributed by atoms with Gasteiger partial charge in [0.15, 0.2) is 0 Å². The molecule has 0 bridgehead atoms. The van der Waals surface area contributed by atoms with Crippen LogP contribution in [-0.4, -0.2) is 67.9 Å². The zero-order chi connectivity index (χ0) is 23.1. The summed E-state index contributed by atoms with van der Waals surface area (Å²) in [5.74, 6) is -1.80. The number of hydrogen-bond acceptors (Lipinski definition) is 5. The normalized spacial score (nSPS) is 13.1. The number of alkyl carbamates (subject to hydrolysis) is 1. The highest BCUT2D eigenvalue weighted by Gasteiger charge is 2.31. The molecule has 0 radical (unpaired) electrons. The summed E-state index contributed by atoms with van der Waals surface area (Å²) in [6, 6.07) is 14.7. The number of carboxylic acid groups (broad SMARTS) is 1. The van der Waals surface area contributed by atoms with Crippen molar-refractivity contribution in [2.75, 3.05) is 33.9 Å². The Bertz CT molecular complexity index is 931. The molecule has 8 heteroatoms. The highest BCUT2D eigenvalue weighted by molar-refractivity contribution is 5.89. The van der Waals surface area contributed by atoms with Crippen molar-refractivity contribution < 1.29 is 29.0 Å². The smallest absolute Gasteiger partial charge is 0.407 e. The van der Waals surface area contributed by atoms with Crippen LogP contribution in [0.2, 0.25) is 0 Å². The number of hydrogen-bond donors (Lipinski definition) is 2. The van der Waals surface area contributed by atoms with Crippen molar-refractivity contribution in [2.45, 2.75) is 24.8 Å². The molecule has 0 aliphatic heterocycles. The number of methoxy groups -OCH3 is 1. The molecule has 0 heterocycles. The number of carbonyl (C=O) groups excluding carboxylic acids is 2. The minimum absolute atomic E-state index is 0.0809. The monoisotopic (exact) mass is 440 g/mol. The third-order valence-corrected chi connectivity index (χ3v) is 5.53. The van der Waals surface area contributed by atoms with Gasteiger partial charge >= 0.3 is 12.1 Å². The number of amides is 2. The van der Waals surface area contributed by atoms with Crippen LogP contribution >= 0.6 is 0 Å². The quantitative estimate of drug-likeness (QED) is 0.551. The van der Waals surface area contributed by atoms with Crippen molar-refractivity contribution in [1.29, 1.82) is 0 Å². The Morgan fingerprint density at radius 1 is 1.06 bits per heavy atom. The number of aliphatic carboxylic acids is 1. The lowest BCUT2D eigenvalue weighted by Gasteiger charge is -2.24. The van der Waals surface area contributed by atoms with E-state index < -0.39 is 30.4 Å². The minimum atomic E-state index is -1.21. The Hall–Kier alpha value is -3.39. The van der Waals surface area contributed by atoms with E-state index in [0.29, 0.717) is 19.6 Å². The topological polar surface area (TPSA) is 105 Å². The summed E-state index contributed by atoms with van der Waals surface area (Å²) in [6.07, 6.45) is -0.752. The maximum atomic E-state index is 12.6. The Kier molecular flexibility index (Phi) is 7.83. The molecule has 1 atom stereocenters. The van der Waals surface area contributed by atoms with Crippen molar-refractivity contribution in [3.8, 4) is 11.1 Å². The third kappa shape index (κ3) is 5.45. The van der Waals surface area contributed by atoms with Crippen LogP contribution < -0.4 is 5.32 Å². The fourth-order valence-corrected chi connectivity index (χ4v) is 3.98. The second-order valence-electron chi connectivity index (χ2n) is 7.73. The van der Waals surface area contributed by atoms with Gasteiger partial charge in [0.1, 0.15) is 12.6 Å². The second kappa shape index (κ2) is 10.8. The predicted molar refractivity (Wildman–Crippen MR) is 118 cm³/mol.